The summed E-state index contributed by atoms with van der Waals surface area (Å²) in [6, 6.07) is 25.0. The van der Waals surface area contributed by atoms with Crippen molar-refractivity contribution in [1.29, 1.82) is 0 Å². The summed E-state index contributed by atoms with van der Waals surface area (Å²) >= 11 is 0. The van der Waals surface area contributed by atoms with Gasteiger partial charge in [0.05, 0.1) is 24.6 Å². The van der Waals surface area contributed by atoms with Crippen molar-refractivity contribution in [3.63, 3.8) is 0 Å². The average Bonchev–Trinajstić information content (AvgIpc) is 3.38. The number of aromatic nitrogens is 2. The second kappa shape index (κ2) is 10.0. The molecule has 0 unspecified atom stereocenters. The van der Waals surface area contributed by atoms with Gasteiger partial charge < -0.3 is 10.1 Å². The smallest absolute Gasteiger partial charge is 0.253 e. The summed E-state index contributed by atoms with van der Waals surface area (Å²) in [5.41, 5.74) is 3.95. The van der Waals surface area contributed by atoms with E-state index >= 15 is 0 Å². The van der Waals surface area contributed by atoms with Crippen molar-refractivity contribution in [2.24, 2.45) is 0 Å². The van der Waals surface area contributed by atoms with E-state index in [1.54, 1.807) is 12.0 Å². The third-order valence-corrected chi connectivity index (χ3v) is 6.42. The number of hydrogen-bond donors (Lipinski definition) is 1. The minimum atomic E-state index is -0.606. The van der Waals surface area contributed by atoms with Crippen LogP contribution in [-0.2, 0) is 22.4 Å². The highest BCUT2D eigenvalue weighted by molar-refractivity contribution is 6.03. The molecule has 1 aliphatic heterocycles. The van der Waals surface area contributed by atoms with Crippen LogP contribution in [0.4, 0.5) is 5.95 Å². The molecule has 7 nitrogen and oxygen atoms in total. The highest BCUT2D eigenvalue weighted by Crippen LogP contribution is 2.36. The molecule has 178 valence electrons. The molecule has 0 fully saturated rings. The third-order valence-electron chi connectivity index (χ3n) is 6.42. The Balaban J connectivity index is 1.31. The molecule has 0 aliphatic carbocycles. The molecule has 7 heteroatoms. The number of methoxy groups -OCH3 is 1. The van der Waals surface area contributed by atoms with Crippen LogP contribution in [0.5, 0.6) is 5.75 Å². The van der Waals surface area contributed by atoms with E-state index < -0.39 is 6.04 Å². The van der Waals surface area contributed by atoms with E-state index in [9.17, 15) is 9.59 Å². The van der Waals surface area contributed by atoms with Gasteiger partial charge in [-0.15, -0.1) is 0 Å². The molecule has 0 saturated heterocycles. The Morgan fingerprint density at radius 2 is 1.66 bits per heavy atom. The molecule has 35 heavy (non-hydrogen) atoms. The van der Waals surface area contributed by atoms with Gasteiger partial charge in [-0.25, -0.2) is 4.98 Å². The second-order valence-electron chi connectivity index (χ2n) is 8.66. The van der Waals surface area contributed by atoms with Crippen molar-refractivity contribution in [3.8, 4) is 5.75 Å². The van der Waals surface area contributed by atoms with E-state index in [-0.39, 0.29) is 18.2 Å². The number of ether oxygens (including phenoxy) is 1. The van der Waals surface area contributed by atoms with Gasteiger partial charge in [0, 0.05) is 13.1 Å². The molecule has 1 aliphatic rings. The quantitative estimate of drug-likeness (QED) is 0.404. The summed E-state index contributed by atoms with van der Waals surface area (Å²) in [5.74, 6) is 1.17. The Morgan fingerprint density at radius 3 is 2.43 bits per heavy atom. The van der Waals surface area contributed by atoms with Crippen LogP contribution < -0.4 is 15.0 Å². The predicted molar refractivity (Wildman–Crippen MR) is 136 cm³/mol. The predicted octanol–water partition coefficient (Wildman–Crippen LogP) is 3.92. The lowest BCUT2D eigenvalue weighted by atomic mass is 10.1. The van der Waals surface area contributed by atoms with Crippen molar-refractivity contribution in [2.75, 3.05) is 25.1 Å². The molecule has 1 N–H and O–H groups in total. The van der Waals surface area contributed by atoms with Gasteiger partial charge in [-0.2, -0.15) is 0 Å². The Kier molecular flexibility index (Phi) is 6.48. The first-order valence-electron chi connectivity index (χ1n) is 11.9. The van der Waals surface area contributed by atoms with E-state index in [2.05, 4.69) is 5.32 Å². The highest BCUT2D eigenvalue weighted by Gasteiger charge is 2.40. The van der Waals surface area contributed by atoms with E-state index in [0.717, 1.165) is 34.3 Å². The molecule has 3 aromatic carbocycles. The second-order valence-corrected chi connectivity index (χ2v) is 8.66. The first kappa shape index (κ1) is 22.7. The lowest BCUT2D eigenvalue weighted by Crippen LogP contribution is -2.34. The van der Waals surface area contributed by atoms with Gasteiger partial charge in [0.2, 0.25) is 11.9 Å². The summed E-state index contributed by atoms with van der Waals surface area (Å²) in [7, 11) is 1.64. The van der Waals surface area contributed by atoms with Crippen LogP contribution in [0.2, 0.25) is 0 Å². The topological polar surface area (TPSA) is 76.5 Å². The number of carbonyl (C=O) groups is 2. The number of nitrogens with zero attached hydrogens (tertiary/aromatic N) is 3. The van der Waals surface area contributed by atoms with Crippen molar-refractivity contribution in [3.05, 3.63) is 90.0 Å². The minimum absolute atomic E-state index is 0.0833. The standard InChI is InChI=1S/C28H28N4O3/c1-35-22-13-11-21(12-14-22)16-18-31-27(34)25(32-24-10-6-5-9-23(24)30-28(31)32)19-26(33)29-17-15-20-7-3-2-4-8-20/h2-14,25H,15-19H2,1H3,(H,29,33)/t25-/m1/s1. The number of benzene rings is 3. The monoisotopic (exact) mass is 468 g/mol. The number of hydrogen-bond acceptors (Lipinski definition) is 4. The average molecular weight is 469 g/mol. The maximum Gasteiger partial charge on any atom is 0.253 e. The largest absolute Gasteiger partial charge is 0.497 e. The summed E-state index contributed by atoms with van der Waals surface area (Å²) in [4.78, 5) is 32.8. The van der Waals surface area contributed by atoms with Gasteiger partial charge in [-0.1, -0.05) is 54.6 Å². The van der Waals surface area contributed by atoms with Gasteiger partial charge in [0.15, 0.2) is 0 Å². The molecule has 1 aromatic heterocycles. The van der Waals surface area contributed by atoms with Crippen molar-refractivity contribution in [1.82, 2.24) is 14.9 Å². The molecular formula is C28H28N4O3. The van der Waals surface area contributed by atoms with E-state index in [1.807, 2.05) is 83.4 Å². The van der Waals surface area contributed by atoms with Gasteiger partial charge in [-0.05, 0) is 48.2 Å². The number of amides is 2. The van der Waals surface area contributed by atoms with Gasteiger partial charge >= 0.3 is 0 Å². The van der Waals surface area contributed by atoms with Crippen LogP contribution in [0.25, 0.3) is 11.0 Å². The summed E-state index contributed by atoms with van der Waals surface area (Å²) < 4.78 is 7.15. The maximum absolute atomic E-state index is 13.5. The van der Waals surface area contributed by atoms with Gasteiger partial charge in [0.1, 0.15) is 11.8 Å². The first-order valence-corrected chi connectivity index (χ1v) is 11.9. The number of fused-ring (bicyclic) bond motifs is 3. The van der Waals surface area contributed by atoms with Crippen LogP contribution in [-0.4, -0.2) is 41.6 Å². The van der Waals surface area contributed by atoms with Gasteiger partial charge in [-0.3, -0.25) is 19.1 Å². The van der Waals surface area contributed by atoms with E-state index in [0.29, 0.717) is 25.5 Å². The summed E-state index contributed by atoms with van der Waals surface area (Å²) in [6.45, 7) is 1.02. The fourth-order valence-corrected chi connectivity index (χ4v) is 4.58. The van der Waals surface area contributed by atoms with Crippen LogP contribution in [0.15, 0.2) is 78.9 Å². The highest BCUT2D eigenvalue weighted by atomic mass is 16.5. The molecule has 5 rings (SSSR count). The molecule has 0 saturated carbocycles. The molecule has 0 bridgehead atoms. The number of para-hydroxylation sites is 2. The molecular weight excluding hydrogens is 440 g/mol. The lowest BCUT2D eigenvalue weighted by molar-refractivity contribution is -0.127. The molecule has 4 aromatic rings. The number of rotatable bonds is 9. The van der Waals surface area contributed by atoms with Crippen molar-refractivity contribution in [2.45, 2.75) is 25.3 Å². The fourth-order valence-electron chi connectivity index (χ4n) is 4.58. The normalized spacial score (nSPS) is 14.8. The van der Waals surface area contributed by atoms with Crippen LogP contribution in [0, 0.1) is 0 Å². The molecule has 2 amide bonds. The fraction of sp³-hybridized carbons (Fsp3) is 0.250. The van der Waals surface area contributed by atoms with Crippen molar-refractivity contribution >= 4 is 28.8 Å². The Hall–Kier alpha value is -4.13. The number of imidazole rings is 1. The number of anilines is 1. The Bertz CT molecular complexity index is 1330. The zero-order valence-corrected chi connectivity index (χ0v) is 19.7. The molecule has 2 heterocycles. The van der Waals surface area contributed by atoms with Crippen LogP contribution >= 0.6 is 0 Å². The van der Waals surface area contributed by atoms with E-state index in [4.69, 9.17) is 9.72 Å². The lowest BCUT2D eigenvalue weighted by Gasteiger charge is -2.16. The molecule has 0 radical (unpaired) electrons. The Morgan fingerprint density at radius 1 is 0.943 bits per heavy atom. The maximum atomic E-state index is 13.5. The first-order chi connectivity index (χ1) is 17.1. The third kappa shape index (κ3) is 4.75. The van der Waals surface area contributed by atoms with Crippen LogP contribution in [0.1, 0.15) is 23.6 Å². The molecule has 1 atom stereocenters. The van der Waals surface area contributed by atoms with E-state index in [1.165, 1.54) is 0 Å². The summed E-state index contributed by atoms with van der Waals surface area (Å²) in [5, 5.41) is 2.98. The number of carbonyl (C=O) groups excluding carboxylic acids is 2. The van der Waals surface area contributed by atoms with Crippen molar-refractivity contribution < 1.29 is 14.3 Å². The Labute approximate surface area is 204 Å². The molecule has 0 spiro atoms. The van der Waals surface area contributed by atoms with Crippen LogP contribution in [0.3, 0.4) is 0 Å². The summed E-state index contributed by atoms with van der Waals surface area (Å²) in [6.07, 6.45) is 1.51. The van der Waals surface area contributed by atoms with Gasteiger partial charge in [0.25, 0.3) is 5.91 Å². The zero-order valence-electron chi connectivity index (χ0n) is 19.7. The SMILES string of the molecule is COc1ccc(CCN2C(=O)[C@@H](CC(=O)NCCc3ccccc3)n3c2nc2ccccc23)cc1. The zero-order chi connectivity index (χ0) is 24.2. The minimum Gasteiger partial charge on any atom is -0.497 e. The number of nitrogens with one attached hydrogen (secondary N) is 1.